The molecule has 0 atom stereocenters. The molecule has 1 aromatic carbocycles. The van der Waals surface area contributed by atoms with E-state index in [1.54, 1.807) is 0 Å². The van der Waals surface area contributed by atoms with Crippen LogP contribution < -0.4 is 10.5 Å². The number of ether oxygens (including phenoxy) is 1. The Morgan fingerprint density at radius 3 is 2.11 bits per heavy atom. The van der Waals surface area contributed by atoms with Crippen molar-refractivity contribution in [3.8, 4) is 5.75 Å². The van der Waals surface area contributed by atoms with Crippen LogP contribution in [0.15, 0.2) is 18.2 Å². The second-order valence-corrected chi connectivity index (χ2v) is 5.44. The number of carbonyl (C=O) groups is 1. The minimum Gasteiger partial charge on any atom is -0.426 e. The molecule has 3 heteroatoms. The molecule has 0 amide bonds. The van der Waals surface area contributed by atoms with Crippen molar-refractivity contribution in [2.24, 2.45) is 5.73 Å². The Hall–Kier alpha value is -1.35. The predicted molar refractivity (Wildman–Crippen MR) is 78.5 cm³/mol. The van der Waals surface area contributed by atoms with Crippen LogP contribution in [0.1, 0.15) is 63.5 Å². The zero-order valence-electron chi connectivity index (χ0n) is 12.4. The SMILES string of the molecule is CC(C)c1cccc(C(C)C)c1OC(=O)CCCN. The van der Waals surface area contributed by atoms with Crippen LogP contribution in [0.5, 0.6) is 5.75 Å². The molecule has 0 radical (unpaired) electrons. The third kappa shape index (κ3) is 4.35. The maximum absolute atomic E-state index is 11.8. The van der Waals surface area contributed by atoms with Gasteiger partial charge in [-0.3, -0.25) is 4.79 Å². The lowest BCUT2D eigenvalue weighted by atomic mass is 9.94. The summed E-state index contributed by atoms with van der Waals surface area (Å²) in [5, 5.41) is 0. The van der Waals surface area contributed by atoms with Crippen molar-refractivity contribution in [1.82, 2.24) is 0 Å². The van der Waals surface area contributed by atoms with Gasteiger partial charge >= 0.3 is 5.97 Å². The summed E-state index contributed by atoms with van der Waals surface area (Å²) in [5.41, 5.74) is 7.60. The molecule has 19 heavy (non-hydrogen) atoms. The van der Waals surface area contributed by atoms with E-state index in [0.717, 1.165) is 16.9 Å². The van der Waals surface area contributed by atoms with E-state index in [9.17, 15) is 4.79 Å². The second kappa shape index (κ2) is 7.29. The van der Waals surface area contributed by atoms with Gasteiger partial charge in [0, 0.05) is 6.42 Å². The van der Waals surface area contributed by atoms with Crippen LogP contribution >= 0.6 is 0 Å². The quantitative estimate of drug-likeness (QED) is 0.630. The topological polar surface area (TPSA) is 52.3 Å². The van der Waals surface area contributed by atoms with Crippen molar-refractivity contribution in [3.05, 3.63) is 29.3 Å². The van der Waals surface area contributed by atoms with Crippen molar-refractivity contribution < 1.29 is 9.53 Å². The molecule has 0 aliphatic carbocycles. The zero-order chi connectivity index (χ0) is 14.4. The maximum atomic E-state index is 11.8. The van der Waals surface area contributed by atoms with Gasteiger partial charge in [-0.25, -0.2) is 0 Å². The summed E-state index contributed by atoms with van der Waals surface area (Å²) >= 11 is 0. The summed E-state index contributed by atoms with van der Waals surface area (Å²) in [7, 11) is 0. The molecular formula is C16H25NO2. The van der Waals surface area contributed by atoms with Gasteiger partial charge in [0.25, 0.3) is 0 Å². The molecule has 3 nitrogen and oxygen atoms in total. The van der Waals surface area contributed by atoms with Crippen molar-refractivity contribution in [3.63, 3.8) is 0 Å². The van der Waals surface area contributed by atoms with Gasteiger partial charge in [0.2, 0.25) is 0 Å². The lowest BCUT2D eigenvalue weighted by Crippen LogP contribution is -2.13. The summed E-state index contributed by atoms with van der Waals surface area (Å²) in [6, 6.07) is 6.09. The molecule has 2 N–H and O–H groups in total. The van der Waals surface area contributed by atoms with E-state index in [-0.39, 0.29) is 5.97 Å². The van der Waals surface area contributed by atoms with Crippen LogP contribution in [-0.4, -0.2) is 12.5 Å². The normalized spacial score (nSPS) is 11.1. The molecule has 0 heterocycles. The fourth-order valence-electron chi connectivity index (χ4n) is 2.01. The highest BCUT2D eigenvalue weighted by molar-refractivity contribution is 5.73. The monoisotopic (exact) mass is 263 g/mol. The number of hydrogen-bond acceptors (Lipinski definition) is 3. The summed E-state index contributed by atoms with van der Waals surface area (Å²) in [6.07, 6.45) is 1.04. The first kappa shape index (κ1) is 15.7. The molecule has 1 aromatic rings. The molecule has 0 aliphatic heterocycles. The van der Waals surface area contributed by atoms with E-state index in [1.165, 1.54) is 0 Å². The van der Waals surface area contributed by atoms with Gasteiger partial charge in [-0.2, -0.15) is 0 Å². The van der Waals surface area contributed by atoms with Crippen LogP contribution in [0.4, 0.5) is 0 Å². The molecule has 0 bridgehead atoms. The lowest BCUT2D eigenvalue weighted by Gasteiger charge is -2.18. The average Bonchev–Trinajstić information content (AvgIpc) is 2.35. The van der Waals surface area contributed by atoms with Gasteiger partial charge in [0.1, 0.15) is 5.75 Å². The Balaban J connectivity index is 3.04. The largest absolute Gasteiger partial charge is 0.426 e. The lowest BCUT2D eigenvalue weighted by molar-refractivity contribution is -0.134. The summed E-state index contributed by atoms with van der Waals surface area (Å²) in [6.45, 7) is 8.94. The van der Waals surface area contributed by atoms with E-state index in [1.807, 2.05) is 18.2 Å². The number of esters is 1. The van der Waals surface area contributed by atoms with Gasteiger partial charge in [-0.05, 0) is 35.9 Å². The van der Waals surface area contributed by atoms with Crippen LogP contribution in [0.25, 0.3) is 0 Å². The van der Waals surface area contributed by atoms with Crippen molar-refractivity contribution in [2.75, 3.05) is 6.54 Å². The number of para-hydroxylation sites is 1. The molecule has 0 saturated carbocycles. The molecular weight excluding hydrogens is 238 g/mol. The third-order valence-electron chi connectivity index (χ3n) is 3.12. The number of rotatable bonds is 6. The van der Waals surface area contributed by atoms with E-state index >= 15 is 0 Å². The molecule has 0 spiro atoms. The van der Waals surface area contributed by atoms with Crippen molar-refractivity contribution in [2.45, 2.75) is 52.4 Å². The van der Waals surface area contributed by atoms with E-state index in [0.29, 0.717) is 31.2 Å². The molecule has 0 saturated heterocycles. The number of carbonyl (C=O) groups excluding carboxylic acids is 1. The number of hydrogen-bond donors (Lipinski definition) is 1. The fraction of sp³-hybridized carbons (Fsp3) is 0.562. The molecule has 0 aromatic heterocycles. The van der Waals surface area contributed by atoms with Crippen molar-refractivity contribution >= 4 is 5.97 Å². The van der Waals surface area contributed by atoms with E-state index in [4.69, 9.17) is 10.5 Å². The second-order valence-electron chi connectivity index (χ2n) is 5.44. The summed E-state index contributed by atoms with van der Waals surface area (Å²) in [4.78, 5) is 11.8. The third-order valence-corrected chi connectivity index (χ3v) is 3.12. The molecule has 0 aliphatic rings. The smallest absolute Gasteiger partial charge is 0.311 e. The minimum absolute atomic E-state index is 0.194. The molecule has 0 fully saturated rings. The Morgan fingerprint density at radius 1 is 1.16 bits per heavy atom. The Morgan fingerprint density at radius 2 is 1.68 bits per heavy atom. The van der Waals surface area contributed by atoms with Crippen LogP contribution in [0, 0.1) is 0 Å². The molecule has 1 rings (SSSR count). The Kier molecular flexibility index (Phi) is 6.03. The zero-order valence-corrected chi connectivity index (χ0v) is 12.4. The minimum atomic E-state index is -0.194. The van der Waals surface area contributed by atoms with E-state index < -0.39 is 0 Å². The van der Waals surface area contributed by atoms with Gasteiger partial charge < -0.3 is 10.5 Å². The number of benzene rings is 1. The van der Waals surface area contributed by atoms with Crippen LogP contribution in [-0.2, 0) is 4.79 Å². The fourth-order valence-corrected chi connectivity index (χ4v) is 2.01. The van der Waals surface area contributed by atoms with Crippen molar-refractivity contribution in [1.29, 1.82) is 0 Å². The highest BCUT2D eigenvalue weighted by Crippen LogP contribution is 2.34. The summed E-state index contributed by atoms with van der Waals surface area (Å²) < 4.78 is 5.61. The number of nitrogens with two attached hydrogens (primary N) is 1. The summed E-state index contributed by atoms with van der Waals surface area (Å²) in [5.74, 6) is 1.21. The van der Waals surface area contributed by atoms with Gasteiger partial charge in [0.15, 0.2) is 0 Å². The molecule has 0 unspecified atom stereocenters. The van der Waals surface area contributed by atoms with Crippen LogP contribution in [0.2, 0.25) is 0 Å². The predicted octanol–water partition coefficient (Wildman–Crippen LogP) is 3.58. The van der Waals surface area contributed by atoms with Crippen LogP contribution in [0.3, 0.4) is 0 Å². The first-order chi connectivity index (χ1) is 8.97. The van der Waals surface area contributed by atoms with Gasteiger partial charge in [0.05, 0.1) is 0 Å². The van der Waals surface area contributed by atoms with Gasteiger partial charge in [-0.15, -0.1) is 0 Å². The highest BCUT2D eigenvalue weighted by atomic mass is 16.5. The Labute approximate surface area is 116 Å². The van der Waals surface area contributed by atoms with Gasteiger partial charge in [-0.1, -0.05) is 45.9 Å². The molecule has 106 valence electrons. The average molecular weight is 263 g/mol. The Bertz CT molecular complexity index is 399. The standard InChI is InChI=1S/C16H25NO2/c1-11(2)13-7-5-8-14(12(3)4)16(13)19-15(18)9-6-10-17/h5,7-8,11-12H,6,9-10,17H2,1-4H3. The maximum Gasteiger partial charge on any atom is 0.311 e. The highest BCUT2D eigenvalue weighted by Gasteiger charge is 2.17. The van der Waals surface area contributed by atoms with E-state index in [2.05, 4.69) is 27.7 Å². The first-order valence-electron chi connectivity index (χ1n) is 7.00. The first-order valence-corrected chi connectivity index (χ1v) is 7.00.